The van der Waals surface area contributed by atoms with Crippen molar-refractivity contribution in [3.63, 3.8) is 0 Å². The minimum absolute atomic E-state index is 0.559. The average molecular weight is 355 g/mol. The molecule has 23 heavy (non-hydrogen) atoms. The lowest BCUT2D eigenvalue weighted by atomic mass is 10.1. The molecule has 0 unspecified atom stereocenters. The van der Waals surface area contributed by atoms with E-state index in [1.165, 1.54) is 31.3 Å². The number of benzene rings is 1. The molecule has 2 heterocycles. The molecule has 126 valence electrons. The van der Waals surface area contributed by atoms with Gasteiger partial charge in [0.15, 0.2) is 0 Å². The van der Waals surface area contributed by atoms with E-state index in [0.29, 0.717) is 24.2 Å². The van der Waals surface area contributed by atoms with E-state index in [-0.39, 0.29) is 0 Å². The van der Waals surface area contributed by atoms with E-state index < -0.39 is 10.0 Å². The maximum absolute atomic E-state index is 12.5. The lowest BCUT2D eigenvalue weighted by Gasteiger charge is -2.35. The Hall–Kier alpha value is -0.880. The van der Waals surface area contributed by atoms with Gasteiger partial charge in [0.25, 0.3) is 0 Å². The molecule has 0 amide bonds. The van der Waals surface area contributed by atoms with Gasteiger partial charge < -0.3 is 4.90 Å². The summed E-state index contributed by atoms with van der Waals surface area (Å²) >= 11 is 5.84. The molecule has 2 saturated heterocycles. The van der Waals surface area contributed by atoms with Gasteiger partial charge in [0, 0.05) is 29.6 Å². The van der Waals surface area contributed by atoms with Crippen LogP contribution in [-0.4, -0.2) is 49.8 Å². The average Bonchev–Trinajstić information content (AvgIpc) is 3.09. The summed E-state index contributed by atoms with van der Waals surface area (Å²) in [5.41, 5.74) is 0.838. The summed E-state index contributed by atoms with van der Waals surface area (Å²) in [5.74, 6) is 0. The summed E-state index contributed by atoms with van der Waals surface area (Å²) in [6.45, 7) is 3.59. The Morgan fingerprint density at radius 2 is 1.61 bits per heavy atom. The van der Waals surface area contributed by atoms with E-state index in [1.54, 1.807) is 22.5 Å². The van der Waals surface area contributed by atoms with Crippen LogP contribution in [0.5, 0.6) is 0 Å². The fraction of sp³-hybridized carbons (Fsp3) is 0.529. The second-order valence-electron chi connectivity index (χ2n) is 6.27. The summed E-state index contributed by atoms with van der Waals surface area (Å²) < 4.78 is 26.5. The number of piperidine rings is 1. The SMILES string of the molecule is O=S(=O)(/C=C/c1ccc(Cl)cc1)N1CCC(N2CCCC2)CC1. The van der Waals surface area contributed by atoms with Crippen molar-refractivity contribution in [3.8, 4) is 0 Å². The van der Waals surface area contributed by atoms with Crippen molar-refractivity contribution in [1.82, 2.24) is 9.21 Å². The maximum Gasteiger partial charge on any atom is 0.236 e. The Morgan fingerprint density at radius 3 is 2.22 bits per heavy atom. The van der Waals surface area contributed by atoms with E-state index in [4.69, 9.17) is 11.6 Å². The number of nitrogens with zero attached hydrogens (tertiary/aromatic N) is 2. The second-order valence-corrected chi connectivity index (χ2v) is 8.53. The van der Waals surface area contributed by atoms with Crippen molar-refractivity contribution in [1.29, 1.82) is 0 Å². The molecule has 0 aliphatic carbocycles. The molecule has 0 N–H and O–H groups in total. The number of halogens is 1. The van der Waals surface area contributed by atoms with Crippen molar-refractivity contribution in [2.45, 2.75) is 31.7 Å². The van der Waals surface area contributed by atoms with Crippen LogP contribution in [0.4, 0.5) is 0 Å². The fourth-order valence-electron chi connectivity index (χ4n) is 3.39. The first-order valence-corrected chi connectivity index (χ1v) is 10.1. The normalized spacial score (nSPS) is 22.1. The first-order valence-electron chi connectivity index (χ1n) is 8.22. The molecule has 1 aromatic rings. The van der Waals surface area contributed by atoms with E-state index in [9.17, 15) is 8.42 Å². The van der Waals surface area contributed by atoms with Gasteiger partial charge in [-0.2, -0.15) is 4.31 Å². The summed E-state index contributed by atoms with van der Waals surface area (Å²) in [4.78, 5) is 2.52. The van der Waals surface area contributed by atoms with Crippen molar-refractivity contribution >= 4 is 27.7 Å². The molecule has 1 aromatic carbocycles. The summed E-state index contributed by atoms with van der Waals surface area (Å²) in [5, 5.41) is 1.96. The van der Waals surface area contributed by atoms with Gasteiger partial charge in [0.1, 0.15) is 0 Å². The molecular weight excluding hydrogens is 332 g/mol. The minimum Gasteiger partial charge on any atom is -0.300 e. The number of likely N-dealkylation sites (tertiary alicyclic amines) is 1. The zero-order valence-electron chi connectivity index (χ0n) is 13.2. The van der Waals surface area contributed by atoms with Crippen molar-refractivity contribution in [2.24, 2.45) is 0 Å². The highest BCUT2D eigenvalue weighted by molar-refractivity contribution is 7.92. The summed E-state index contributed by atoms with van der Waals surface area (Å²) in [6, 6.07) is 7.70. The van der Waals surface area contributed by atoms with Crippen LogP contribution in [0.3, 0.4) is 0 Å². The molecule has 3 rings (SSSR count). The number of hydrogen-bond donors (Lipinski definition) is 0. The van der Waals surface area contributed by atoms with Gasteiger partial charge in [-0.3, -0.25) is 0 Å². The molecule has 6 heteroatoms. The van der Waals surface area contributed by atoms with Crippen LogP contribution in [-0.2, 0) is 10.0 Å². The second kappa shape index (κ2) is 7.34. The first kappa shape index (κ1) is 17.0. The third kappa shape index (κ3) is 4.35. The lowest BCUT2D eigenvalue weighted by molar-refractivity contribution is 0.168. The highest BCUT2D eigenvalue weighted by atomic mass is 35.5. The molecule has 2 aliphatic heterocycles. The van der Waals surface area contributed by atoms with E-state index >= 15 is 0 Å². The Bertz CT molecular complexity index is 644. The smallest absolute Gasteiger partial charge is 0.236 e. The van der Waals surface area contributed by atoms with E-state index in [1.807, 2.05) is 12.1 Å². The van der Waals surface area contributed by atoms with Gasteiger partial charge in [-0.1, -0.05) is 23.7 Å². The van der Waals surface area contributed by atoms with Gasteiger partial charge in [0.05, 0.1) is 0 Å². The predicted octanol–water partition coefficient (Wildman–Crippen LogP) is 3.20. The third-order valence-electron chi connectivity index (χ3n) is 4.74. The highest BCUT2D eigenvalue weighted by Crippen LogP contribution is 2.23. The first-order chi connectivity index (χ1) is 11.0. The largest absolute Gasteiger partial charge is 0.300 e. The molecule has 0 atom stereocenters. The number of hydrogen-bond acceptors (Lipinski definition) is 3. The van der Waals surface area contributed by atoms with Gasteiger partial charge in [-0.25, -0.2) is 8.42 Å². The van der Waals surface area contributed by atoms with Crippen LogP contribution < -0.4 is 0 Å². The summed E-state index contributed by atoms with van der Waals surface area (Å²) in [6.07, 6.45) is 6.07. The third-order valence-corrected chi connectivity index (χ3v) is 6.56. The Morgan fingerprint density at radius 1 is 1.00 bits per heavy atom. The van der Waals surface area contributed by atoms with Gasteiger partial charge in [-0.15, -0.1) is 0 Å². The van der Waals surface area contributed by atoms with Crippen LogP contribution in [0.25, 0.3) is 6.08 Å². The topological polar surface area (TPSA) is 40.6 Å². The Labute approximate surface area is 143 Å². The molecule has 0 radical (unpaired) electrons. The van der Waals surface area contributed by atoms with Crippen LogP contribution in [0, 0.1) is 0 Å². The predicted molar refractivity (Wildman–Crippen MR) is 94.8 cm³/mol. The molecular formula is C17H23ClN2O2S. The Kier molecular flexibility index (Phi) is 5.42. The minimum atomic E-state index is -3.34. The van der Waals surface area contributed by atoms with Crippen LogP contribution in [0.2, 0.25) is 5.02 Å². The monoisotopic (exact) mass is 354 g/mol. The van der Waals surface area contributed by atoms with E-state index in [2.05, 4.69) is 4.90 Å². The number of rotatable bonds is 4. The summed E-state index contributed by atoms with van der Waals surface area (Å²) in [7, 11) is -3.34. The van der Waals surface area contributed by atoms with Gasteiger partial charge >= 0.3 is 0 Å². The van der Waals surface area contributed by atoms with E-state index in [0.717, 1.165) is 18.4 Å². The molecule has 2 fully saturated rings. The van der Waals surface area contributed by atoms with Crippen LogP contribution in [0.15, 0.2) is 29.7 Å². The molecule has 4 nitrogen and oxygen atoms in total. The fourth-order valence-corrected chi connectivity index (χ4v) is 4.74. The Balaban J connectivity index is 1.58. The standard InChI is InChI=1S/C17H23ClN2O2S/c18-16-5-3-15(4-6-16)9-14-23(21,22)20-12-7-17(8-13-20)19-10-1-2-11-19/h3-6,9,14,17H,1-2,7-8,10-13H2/b14-9+. The van der Waals surface area contributed by atoms with Crippen molar-refractivity contribution in [3.05, 3.63) is 40.3 Å². The molecule has 0 aromatic heterocycles. The number of sulfonamides is 1. The van der Waals surface area contributed by atoms with Crippen molar-refractivity contribution < 1.29 is 8.42 Å². The molecule has 0 bridgehead atoms. The van der Waals surface area contributed by atoms with Gasteiger partial charge in [-0.05, 0) is 62.5 Å². The zero-order chi connectivity index (χ0) is 16.3. The quantitative estimate of drug-likeness (QED) is 0.833. The molecule has 0 saturated carbocycles. The highest BCUT2D eigenvalue weighted by Gasteiger charge is 2.30. The maximum atomic E-state index is 12.5. The van der Waals surface area contributed by atoms with Crippen LogP contribution in [0.1, 0.15) is 31.2 Å². The zero-order valence-corrected chi connectivity index (χ0v) is 14.8. The molecule has 2 aliphatic rings. The lowest BCUT2D eigenvalue weighted by Crippen LogP contribution is -2.45. The van der Waals surface area contributed by atoms with Crippen molar-refractivity contribution in [2.75, 3.05) is 26.2 Å². The molecule has 0 spiro atoms. The van der Waals surface area contributed by atoms with Gasteiger partial charge in [0.2, 0.25) is 10.0 Å². The van der Waals surface area contributed by atoms with Crippen LogP contribution >= 0.6 is 11.6 Å².